The third kappa shape index (κ3) is 6.18. The van der Waals surface area contributed by atoms with Crippen LogP contribution in [-0.4, -0.2) is 53.6 Å². The average Bonchev–Trinajstić information content (AvgIpc) is 3.42. The van der Waals surface area contributed by atoms with Gasteiger partial charge in [0, 0.05) is 48.5 Å². The number of aromatic nitrogens is 1. The Bertz CT molecular complexity index is 1370. The van der Waals surface area contributed by atoms with Crippen LogP contribution in [0.2, 0.25) is 0 Å². The fraction of sp³-hybridized carbons (Fsp3) is 0.179. The highest BCUT2D eigenvalue weighted by Crippen LogP contribution is 2.28. The summed E-state index contributed by atoms with van der Waals surface area (Å²) in [6, 6.07) is 23.7. The summed E-state index contributed by atoms with van der Waals surface area (Å²) < 4.78 is 14.8. The number of rotatable bonds is 7. The highest BCUT2D eigenvalue weighted by molar-refractivity contribution is 8.01. The van der Waals surface area contributed by atoms with Crippen molar-refractivity contribution < 1.29 is 14.0 Å². The monoisotopic (exact) mass is 532 g/mol. The molecule has 5 rings (SSSR count). The Morgan fingerprint density at radius 3 is 2.35 bits per heavy atom. The summed E-state index contributed by atoms with van der Waals surface area (Å²) in [5, 5.41) is 4.94. The SMILES string of the molecule is O=C(CSc1nc(-c2ccccc2)cs1)Nc1ccc(N2CCN(C(=O)c3ccccc3F)CC2)cc1. The lowest BCUT2D eigenvalue weighted by molar-refractivity contribution is -0.113. The lowest BCUT2D eigenvalue weighted by atomic mass is 10.1. The Hall–Kier alpha value is -3.69. The van der Waals surface area contributed by atoms with Gasteiger partial charge < -0.3 is 15.1 Å². The Morgan fingerprint density at radius 2 is 1.62 bits per heavy atom. The molecule has 1 aromatic heterocycles. The first-order valence-corrected chi connectivity index (χ1v) is 13.8. The molecule has 1 aliphatic rings. The van der Waals surface area contributed by atoms with Gasteiger partial charge in [-0.15, -0.1) is 11.3 Å². The van der Waals surface area contributed by atoms with Gasteiger partial charge in [0.05, 0.1) is 17.0 Å². The van der Waals surface area contributed by atoms with Crippen molar-refractivity contribution in [3.8, 4) is 11.3 Å². The van der Waals surface area contributed by atoms with Crippen molar-refractivity contribution in [1.82, 2.24) is 9.88 Å². The second-order valence-electron chi connectivity index (χ2n) is 8.51. The second kappa shape index (κ2) is 11.6. The summed E-state index contributed by atoms with van der Waals surface area (Å²) in [7, 11) is 0. The summed E-state index contributed by atoms with van der Waals surface area (Å²) in [6.07, 6.45) is 0. The maximum absolute atomic E-state index is 14.0. The number of nitrogens with one attached hydrogen (secondary N) is 1. The normalized spacial score (nSPS) is 13.4. The van der Waals surface area contributed by atoms with Gasteiger partial charge >= 0.3 is 0 Å². The van der Waals surface area contributed by atoms with Crippen LogP contribution in [-0.2, 0) is 4.79 Å². The molecule has 6 nitrogen and oxygen atoms in total. The van der Waals surface area contributed by atoms with Crippen LogP contribution in [0.15, 0.2) is 88.6 Å². The Labute approximate surface area is 223 Å². The van der Waals surface area contributed by atoms with E-state index in [9.17, 15) is 14.0 Å². The van der Waals surface area contributed by atoms with Crippen molar-refractivity contribution in [1.29, 1.82) is 0 Å². The molecule has 4 aromatic rings. The largest absolute Gasteiger partial charge is 0.368 e. The highest BCUT2D eigenvalue weighted by atomic mass is 32.2. The van der Waals surface area contributed by atoms with E-state index in [1.165, 1.54) is 35.2 Å². The molecule has 0 unspecified atom stereocenters. The molecule has 188 valence electrons. The predicted molar refractivity (Wildman–Crippen MR) is 148 cm³/mol. The van der Waals surface area contributed by atoms with Crippen LogP contribution >= 0.6 is 23.1 Å². The minimum atomic E-state index is -0.491. The number of carbonyl (C=O) groups is 2. The fourth-order valence-electron chi connectivity index (χ4n) is 4.12. The predicted octanol–water partition coefficient (Wildman–Crippen LogP) is 5.64. The van der Waals surface area contributed by atoms with Gasteiger partial charge in [0.15, 0.2) is 4.34 Å². The molecule has 0 spiro atoms. The first kappa shape index (κ1) is 25.0. The van der Waals surface area contributed by atoms with E-state index in [4.69, 9.17) is 0 Å². The van der Waals surface area contributed by atoms with Gasteiger partial charge in [-0.1, -0.05) is 54.2 Å². The molecular formula is C28H25FN4O2S2. The molecular weight excluding hydrogens is 507 g/mol. The maximum atomic E-state index is 14.0. The quantitative estimate of drug-likeness (QED) is 0.312. The topological polar surface area (TPSA) is 65.5 Å². The number of piperazine rings is 1. The molecule has 1 N–H and O–H groups in total. The Kier molecular flexibility index (Phi) is 7.82. The molecule has 2 heterocycles. The number of benzene rings is 3. The number of nitrogens with zero attached hydrogens (tertiary/aromatic N) is 3. The summed E-state index contributed by atoms with van der Waals surface area (Å²) in [5.41, 5.74) is 3.84. The first-order chi connectivity index (χ1) is 18.1. The number of amides is 2. The van der Waals surface area contributed by atoms with Crippen molar-refractivity contribution in [3.05, 3.63) is 95.6 Å². The molecule has 0 aliphatic carbocycles. The number of thiazole rings is 1. The number of hydrogen-bond acceptors (Lipinski definition) is 6. The van der Waals surface area contributed by atoms with Crippen LogP contribution in [0.3, 0.4) is 0 Å². The van der Waals surface area contributed by atoms with Crippen molar-refractivity contribution in [2.45, 2.75) is 4.34 Å². The Balaban J connectivity index is 1.09. The second-order valence-corrected chi connectivity index (χ2v) is 10.6. The first-order valence-electron chi connectivity index (χ1n) is 11.9. The van der Waals surface area contributed by atoms with Gasteiger partial charge in [-0.25, -0.2) is 9.37 Å². The molecule has 9 heteroatoms. The van der Waals surface area contributed by atoms with Gasteiger partial charge in [-0.2, -0.15) is 0 Å². The summed E-state index contributed by atoms with van der Waals surface area (Å²) >= 11 is 2.96. The Morgan fingerprint density at radius 1 is 0.919 bits per heavy atom. The minimum absolute atomic E-state index is 0.0884. The average molecular weight is 533 g/mol. The summed E-state index contributed by atoms with van der Waals surface area (Å²) in [4.78, 5) is 33.6. The third-order valence-electron chi connectivity index (χ3n) is 6.07. The van der Waals surface area contributed by atoms with Crippen LogP contribution in [0.5, 0.6) is 0 Å². The molecule has 1 aliphatic heterocycles. The van der Waals surface area contributed by atoms with Crippen LogP contribution in [0.25, 0.3) is 11.3 Å². The molecule has 3 aromatic carbocycles. The maximum Gasteiger partial charge on any atom is 0.256 e. The van der Waals surface area contributed by atoms with Crippen molar-refractivity contribution in [3.63, 3.8) is 0 Å². The third-order valence-corrected chi connectivity index (χ3v) is 8.09. The van der Waals surface area contributed by atoms with Crippen molar-refractivity contribution in [2.75, 3.05) is 42.1 Å². The number of halogens is 1. The van der Waals surface area contributed by atoms with Gasteiger partial charge in [0.2, 0.25) is 5.91 Å². The number of thioether (sulfide) groups is 1. The van der Waals surface area contributed by atoms with Crippen molar-refractivity contribution in [2.24, 2.45) is 0 Å². The van der Waals surface area contributed by atoms with E-state index in [2.05, 4.69) is 15.2 Å². The number of carbonyl (C=O) groups excluding carboxylic acids is 2. The van der Waals surface area contributed by atoms with Crippen LogP contribution in [0, 0.1) is 5.82 Å². The molecule has 0 radical (unpaired) electrons. The van der Waals surface area contributed by atoms with Gasteiger partial charge in [-0.3, -0.25) is 9.59 Å². The van der Waals surface area contributed by atoms with E-state index >= 15 is 0 Å². The molecule has 2 amide bonds. The van der Waals surface area contributed by atoms with E-state index < -0.39 is 5.82 Å². The van der Waals surface area contributed by atoms with Gasteiger partial charge in [0.1, 0.15) is 5.82 Å². The number of hydrogen-bond donors (Lipinski definition) is 1. The highest BCUT2D eigenvalue weighted by Gasteiger charge is 2.24. The molecule has 0 atom stereocenters. The zero-order valence-electron chi connectivity index (χ0n) is 20.0. The molecule has 1 saturated heterocycles. The van der Waals surface area contributed by atoms with Gasteiger partial charge in [0.25, 0.3) is 5.91 Å². The van der Waals surface area contributed by atoms with Crippen LogP contribution in [0.1, 0.15) is 10.4 Å². The molecule has 37 heavy (non-hydrogen) atoms. The van der Waals surface area contributed by atoms with E-state index in [0.717, 1.165) is 27.0 Å². The van der Waals surface area contributed by atoms with Crippen LogP contribution in [0.4, 0.5) is 15.8 Å². The lowest BCUT2D eigenvalue weighted by Crippen LogP contribution is -2.49. The standard InChI is InChI=1S/C28H25FN4O2S2/c29-24-9-5-4-8-23(24)27(35)33-16-14-32(15-17-33)22-12-10-21(11-13-22)30-26(34)19-37-28-31-25(18-36-28)20-6-2-1-3-7-20/h1-13,18H,14-17,19H2,(H,30,34). The van der Waals surface area contributed by atoms with E-state index in [0.29, 0.717) is 26.2 Å². The van der Waals surface area contributed by atoms with Crippen molar-refractivity contribution >= 4 is 46.3 Å². The summed E-state index contributed by atoms with van der Waals surface area (Å²) in [5.74, 6) is -0.576. The number of anilines is 2. The zero-order valence-corrected chi connectivity index (χ0v) is 21.6. The molecule has 1 fully saturated rings. The van der Waals surface area contributed by atoms with E-state index in [1.807, 2.05) is 60.0 Å². The molecule has 0 bridgehead atoms. The smallest absolute Gasteiger partial charge is 0.256 e. The van der Waals surface area contributed by atoms with E-state index in [1.54, 1.807) is 17.0 Å². The zero-order chi connectivity index (χ0) is 25.6. The molecule has 0 saturated carbocycles. The van der Waals surface area contributed by atoms with Crippen LogP contribution < -0.4 is 10.2 Å². The fourth-order valence-corrected chi connectivity index (χ4v) is 5.75. The van der Waals surface area contributed by atoms with Gasteiger partial charge in [-0.05, 0) is 36.4 Å². The minimum Gasteiger partial charge on any atom is -0.368 e. The lowest BCUT2D eigenvalue weighted by Gasteiger charge is -2.36. The van der Waals surface area contributed by atoms with E-state index in [-0.39, 0.29) is 23.1 Å². The summed E-state index contributed by atoms with van der Waals surface area (Å²) in [6.45, 7) is 2.35.